The SMILES string of the molecule is CC(=O)c1ccccc1NC(=O)COC(=O)COc1ccc2c(C)cc(=O)oc2c1. The molecule has 2 aromatic carbocycles. The lowest BCUT2D eigenvalue weighted by Gasteiger charge is -2.10. The molecular formula is C22H19NO7. The van der Waals surface area contributed by atoms with Crippen molar-refractivity contribution in [1.82, 2.24) is 0 Å². The van der Waals surface area contributed by atoms with Crippen molar-refractivity contribution in [3.8, 4) is 5.75 Å². The van der Waals surface area contributed by atoms with E-state index in [0.29, 0.717) is 22.6 Å². The average molecular weight is 409 g/mol. The fraction of sp³-hybridized carbons (Fsp3) is 0.182. The van der Waals surface area contributed by atoms with Crippen LogP contribution >= 0.6 is 0 Å². The first-order valence-corrected chi connectivity index (χ1v) is 9.06. The highest BCUT2D eigenvalue weighted by molar-refractivity contribution is 6.04. The van der Waals surface area contributed by atoms with Gasteiger partial charge in [-0.15, -0.1) is 0 Å². The zero-order valence-corrected chi connectivity index (χ0v) is 16.4. The molecule has 0 bridgehead atoms. The lowest BCUT2D eigenvalue weighted by Crippen LogP contribution is -2.24. The molecule has 0 spiro atoms. The highest BCUT2D eigenvalue weighted by Crippen LogP contribution is 2.22. The summed E-state index contributed by atoms with van der Waals surface area (Å²) in [5.41, 5.74) is 1.34. The first-order valence-electron chi connectivity index (χ1n) is 9.06. The molecule has 1 aromatic heterocycles. The van der Waals surface area contributed by atoms with Gasteiger partial charge in [-0.25, -0.2) is 9.59 Å². The molecule has 0 aliphatic carbocycles. The summed E-state index contributed by atoms with van der Waals surface area (Å²) < 4.78 is 15.4. The summed E-state index contributed by atoms with van der Waals surface area (Å²) in [6, 6.07) is 12.8. The summed E-state index contributed by atoms with van der Waals surface area (Å²) in [7, 11) is 0. The molecule has 154 valence electrons. The molecule has 8 heteroatoms. The maximum Gasteiger partial charge on any atom is 0.344 e. The van der Waals surface area contributed by atoms with E-state index in [2.05, 4.69) is 5.32 Å². The van der Waals surface area contributed by atoms with Crippen molar-refractivity contribution in [2.24, 2.45) is 0 Å². The monoisotopic (exact) mass is 409 g/mol. The maximum atomic E-state index is 12.0. The molecule has 3 rings (SSSR count). The van der Waals surface area contributed by atoms with E-state index in [-0.39, 0.29) is 5.78 Å². The van der Waals surface area contributed by atoms with E-state index >= 15 is 0 Å². The smallest absolute Gasteiger partial charge is 0.344 e. The quantitative estimate of drug-likeness (QED) is 0.363. The van der Waals surface area contributed by atoms with E-state index in [1.165, 1.54) is 19.1 Å². The summed E-state index contributed by atoms with van der Waals surface area (Å²) in [5, 5.41) is 3.29. The molecule has 0 aliphatic rings. The van der Waals surface area contributed by atoms with Crippen LogP contribution < -0.4 is 15.7 Å². The number of anilines is 1. The predicted molar refractivity (Wildman–Crippen MR) is 109 cm³/mol. The van der Waals surface area contributed by atoms with Gasteiger partial charge in [0.1, 0.15) is 11.3 Å². The Bertz CT molecular complexity index is 1180. The Labute approximate surface area is 171 Å². The summed E-state index contributed by atoms with van der Waals surface area (Å²) in [5.74, 6) is -1.22. The lowest BCUT2D eigenvalue weighted by molar-refractivity contribution is -0.149. The van der Waals surface area contributed by atoms with Gasteiger partial charge in [0.15, 0.2) is 19.0 Å². The third-order valence-corrected chi connectivity index (χ3v) is 4.22. The van der Waals surface area contributed by atoms with Gasteiger partial charge in [-0.1, -0.05) is 12.1 Å². The Kier molecular flexibility index (Phi) is 6.26. The Hall–Kier alpha value is -3.94. The number of aryl methyl sites for hydroxylation is 1. The minimum absolute atomic E-state index is 0.197. The molecule has 0 saturated carbocycles. The van der Waals surface area contributed by atoms with Crippen LogP contribution in [-0.4, -0.2) is 30.9 Å². The van der Waals surface area contributed by atoms with Gasteiger partial charge in [-0.05, 0) is 43.7 Å². The molecule has 1 amide bonds. The fourth-order valence-electron chi connectivity index (χ4n) is 2.81. The maximum absolute atomic E-state index is 12.0. The van der Waals surface area contributed by atoms with Crippen LogP contribution in [-0.2, 0) is 14.3 Å². The van der Waals surface area contributed by atoms with E-state index in [1.807, 2.05) is 0 Å². The average Bonchev–Trinajstić information content (AvgIpc) is 2.70. The third kappa shape index (κ3) is 5.11. The van der Waals surface area contributed by atoms with Crippen molar-refractivity contribution in [3.63, 3.8) is 0 Å². The Morgan fingerprint density at radius 3 is 2.57 bits per heavy atom. The van der Waals surface area contributed by atoms with Crippen LogP contribution in [0.3, 0.4) is 0 Å². The number of rotatable bonds is 7. The number of esters is 1. The van der Waals surface area contributed by atoms with Gasteiger partial charge in [0.25, 0.3) is 5.91 Å². The van der Waals surface area contributed by atoms with Crippen LogP contribution in [0.5, 0.6) is 5.75 Å². The number of hydrogen-bond donors (Lipinski definition) is 1. The molecule has 1 N–H and O–H groups in total. The number of amides is 1. The van der Waals surface area contributed by atoms with E-state index in [4.69, 9.17) is 13.9 Å². The molecule has 3 aromatic rings. The van der Waals surface area contributed by atoms with Crippen molar-refractivity contribution < 1.29 is 28.3 Å². The van der Waals surface area contributed by atoms with Gasteiger partial charge in [-0.3, -0.25) is 9.59 Å². The zero-order valence-electron chi connectivity index (χ0n) is 16.4. The molecule has 8 nitrogen and oxygen atoms in total. The molecular weight excluding hydrogens is 390 g/mol. The Morgan fingerprint density at radius 1 is 1.03 bits per heavy atom. The first-order chi connectivity index (χ1) is 14.3. The van der Waals surface area contributed by atoms with Gasteiger partial charge in [0.05, 0.1) is 5.69 Å². The number of Topliss-reactive ketones (excluding diaryl/α,β-unsaturated/α-hetero) is 1. The van der Waals surface area contributed by atoms with Gasteiger partial charge >= 0.3 is 11.6 Å². The minimum Gasteiger partial charge on any atom is -0.482 e. The highest BCUT2D eigenvalue weighted by atomic mass is 16.6. The number of carbonyl (C=O) groups is 3. The van der Waals surface area contributed by atoms with Crippen LogP contribution in [0.1, 0.15) is 22.8 Å². The summed E-state index contributed by atoms with van der Waals surface area (Å²) >= 11 is 0. The second-order valence-corrected chi connectivity index (χ2v) is 6.51. The van der Waals surface area contributed by atoms with Crippen molar-refractivity contribution in [2.75, 3.05) is 18.5 Å². The predicted octanol–water partition coefficient (Wildman–Crippen LogP) is 2.86. The van der Waals surface area contributed by atoms with Crippen LogP contribution in [0.25, 0.3) is 11.0 Å². The summed E-state index contributed by atoms with van der Waals surface area (Å²) in [4.78, 5) is 46.9. The van der Waals surface area contributed by atoms with Gasteiger partial charge < -0.3 is 19.2 Å². The van der Waals surface area contributed by atoms with E-state index < -0.39 is 30.7 Å². The Morgan fingerprint density at radius 2 is 1.80 bits per heavy atom. The van der Waals surface area contributed by atoms with Crippen molar-refractivity contribution in [3.05, 3.63) is 70.1 Å². The number of para-hydroxylation sites is 1. The summed E-state index contributed by atoms with van der Waals surface area (Å²) in [6.07, 6.45) is 0. The topological polar surface area (TPSA) is 112 Å². The number of nitrogens with one attached hydrogen (secondary N) is 1. The second kappa shape index (κ2) is 9.04. The zero-order chi connectivity index (χ0) is 21.7. The molecule has 0 unspecified atom stereocenters. The lowest BCUT2D eigenvalue weighted by atomic mass is 10.1. The number of ketones is 1. The first kappa shape index (κ1) is 20.8. The van der Waals surface area contributed by atoms with Crippen LogP contribution in [0, 0.1) is 6.92 Å². The fourth-order valence-corrected chi connectivity index (χ4v) is 2.81. The van der Waals surface area contributed by atoms with E-state index in [9.17, 15) is 19.2 Å². The molecule has 0 saturated heterocycles. The van der Waals surface area contributed by atoms with E-state index in [0.717, 1.165) is 10.9 Å². The van der Waals surface area contributed by atoms with Gasteiger partial charge in [-0.2, -0.15) is 0 Å². The second-order valence-electron chi connectivity index (χ2n) is 6.51. The molecule has 1 heterocycles. The number of benzene rings is 2. The third-order valence-electron chi connectivity index (χ3n) is 4.22. The largest absolute Gasteiger partial charge is 0.482 e. The van der Waals surface area contributed by atoms with Gasteiger partial charge in [0.2, 0.25) is 0 Å². The minimum atomic E-state index is -0.754. The Balaban J connectivity index is 1.53. The van der Waals surface area contributed by atoms with Crippen molar-refractivity contribution >= 4 is 34.3 Å². The van der Waals surface area contributed by atoms with Crippen LogP contribution in [0.4, 0.5) is 5.69 Å². The molecule has 0 atom stereocenters. The van der Waals surface area contributed by atoms with Crippen LogP contribution in [0.15, 0.2) is 57.7 Å². The number of fused-ring (bicyclic) bond motifs is 1. The standard InChI is InChI=1S/C22H19NO7/c1-13-9-21(26)30-19-10-15(7-8-16(13)19)28-12-22(27)29-11-20(25)23-18-6-4-3-5-17(18)14(2)24/h3-10H,11-12H2,1-2H3,(H,23,25). The molecule has 30 heavy (non-hydrogen) atoms. The van der Waals surface area contributed by atoms with Gasteiger partial charge in [0, 0.05) is 23.1 Å². The van der Waals surface area contributed by atoms with Crippen LogP contribution in [0.2, 0.25) is 0 Å². The molecule has 0 aliphatic heterocycles. The number of hydrogen-bond acceptors (Lipinski definition) is 7. The highest BCUT2D eigenvalue weighted by Gasteiger charge is 2.13. The van der Waals surface area contributed by atoms with E-state index in [1.54, 1.807) is 43.3 Å². The number of carbonyl (C=O) groups excluding carboxylic acids is 3. The molecule has 0 radical (unpaired) electrons. The number of ether oxygens (including phenoxy) is 2. The summed E-state index contributed by atoms with van der Waals surface area (Å²) in [6.45, 7) is 2.22. The van der Waals surface area contributed by atoms with Crippen molar-refractivity contribution in [1.29, 1.82) is 0 Å². The van der Waals surface area contributed by atoms with Crippen molar-refractivity contribution in [2.45, 2.75) is 13.8 Å². The molecule has 0 fully saturated rings. The normalized spacial score (nSPS) is 10.5.